The van der Waals surface area contributed by atoms with E-state index in [1.807, 2.05) is 0 Å². The molecular weight excluding hydrogens is 230 g/mol. The van der Waals surface area contributed by atoms with Gasteiger partial charge in [0, 0.05) is 6.54 Å². The SMILES string of the molecule is CNCC1(CCC(C)(C)C)CCC(C(C)(C)C)CC1. The molecule has 1 aliphatic carbocycles. The van der Waals surface area contributed by atoms with Crippen LogP contribution >= 0.6 is 0 Å². The van der Waals surface area contributed by atoms with Crippen molar-refractivity contribution in [2.45, 2.75) is 80.1 Å². The van der Waals surface area contributed by atoms with Crippen molar-refractivity contribution < 1.29 is 0 Å². The molecule has 1 fully saturated rings. The van der Waals surface area contributed by atoms with Gasteiger partial charge in [0.15, 0.2) is 0 Å². The normalized spacial score (nSPS) is 29.5. The van der Waals surface area contributed by atoms with Gasteiger partial charge in [0.05, 0.1) is 0 Å². The Balaban J connectivity index is 2.61. The minimum absolute atomic E-state index is 0.474. The summed E-state index contributed by atoms with van der Waals surface area (Å²) in [6.45, 7) is 15.6. The lowest BCUT2D eigenvalue weighted by molar-refractivity contribution is 0.0717. The van der Waals surface area contributed by atoms with Gasteiger partial charge in [-0.05, 0) is 67.7 Å². The number of rotatable bonds is 4. The van der Waals surface area contributed by atoms with E-state index in [0.717, 1.165) is 5.92 Å². The topological polar surface area (TPSA) is 12.0 Å². The maximum Gasteiger partial charge on any atom is 0.000481 e. The molecule has 0 spiro atoms. The van der Waals surface area contributed by atoms with Crippen LogP contribution in [-0.4, -0.2) is 13.6 Å². The summed E-state index contributed by atoms with van der Waals surface area (Å²) in [6.07, 6.45) is 8.45. The molecule has 1 rings (SSSR count). The van der Waals surface area contributed by atoms with Crippen LogP contribution < -0.4 is 5.32 Å². The van der Waals surface area contributed by atoms with E-state index in [1.54, 1.807) is 0 Å². The zero-order valence-corrected chi connectivity index (χ0v) is 14.5. The molecule has 0 amide bonds. The van der Waals surface area contributed by atoms with Crippen LogP contribution in [0.5, 0.6) is 0 Å². The fraction of sp³-hybridized carbons (Fsp3) is 1.00. The summed E-state index contributed by atoms with van der Waals surface area (Å²) < 4.78 is 0. The summed E-state index contributed by atoms with van der Waals surface area (Å²) in [5, 5.41) is 3.47. The third kappa shape index (κ3) is 5.45. The molecule has 0 aromatic rings. The second-order valence-electron chi connectivity index (χ2n) is 9.23. The molecule has 0 unspecified atom stereocenters. The summed E-state index contributed by atoms with van der Waals surface area (Å²) >= 11 is 0. The summed E-state index contributed by atoms with van der Waals surface area (Å²) in [5.74, 6) is 0.923. The molecule has 0 aliphatic heterocycles. The van der Waals surface area contributed by atoms with Crippen LogP contribution in [0.4, 0.5) is 0 Å². The van der Waals surface area contributed by atoms with Crippen LogP contribution in [0.2, 0.25) is 0 Å². The molecular formula is C18H37N. The highest BCUT2D eigenvalue weighted by Gasteiger charge is 2.38. The van der Waals surface area contributed by atoms with E-state index >= 15 is 0 Å². The van der Waals surface area contributed by atoms with Gasteiger partial charge in [0.25, 0.3) is 0 Å². The molecule has 0 aromatic carbocycles. The highest BCUT2D eigenvalue weighted by atomic mass is 14.8. The van der Waals surface area contributed by atoms with Crippen molar-refractivity contribution in [3.05, 3.63) is 0 Å². The van der Waals surface area contributed by atoms with Crippen LogP contribution in [0.1, 0.15) is 80.1 Å². The van der Waals surface area contributed by atoms with Gasteiger partial charge in [0.2, 0.25) is 0 Å². The third-order valence-corrected chi connectivity index (χ3v) is 5.23. The van der Waals surface area contributed by atoms with E-state index in [4.69, 9.17) is 0 Å². The van der Waals surface area contributed by atoms with Crippen LogP contribution in [0.25, 0.3) is 0 Å². The van der Waals surface area contributed by atoms with Gasteiger partial charge in [-0.15, -0.1) is 0 Å². The molecule has 1 heteroatoms. The summed E-state index contributed by atoms with van der Waals surface area (Å²) in [4.78, 5) is 0. The Morgan fingerprint density at radius 1 is 1.00 bits per heavy atom. The molecule has 1 N–H and O–H groups in total. The van der Waals surface area contributed by atoms with E-state index in [9.17, 15) is 0 Å². The monoisotopic (exact) mass is 267 g/mol. The Labute approximate surface area is 121 Å². The third-order valence-electron chi connectivity index (χ3n) is 5.23. The van der Waals surface area contributed by atoms with Crippen LogP contribution in [0.15, 0.2) is 0 Å². The van der Waals surface area contributed by atoms with Crippen molar-refractivity contribution in [3.8, 4) is 0 Å². The van der Waals surface area contributed by atoms with Crippen molar-refractivity contribution in [2.75, 3.05) is 13.6 Å². The molecule has 114 valence electrons. The molecule has 0 heterocycles. The number of nitrogens with one attached hydrogen (secondary N) is 1. The standard InChI is InChI=1S/C18H37N/c1-16(2,3)12-13-18(14-19-7)10-8-15(9-11-18)17(4,5)6/h15,19H,8-14H2,1-7H3. The van der Waals surface area contributed by atoms with Gasteiger partial charge >= 0.3 is 0 Å². The molecule has 0 saturated heterocycles. The van der Waals surface area contributed by atoms with E-state index < -0.39 is 0 Å². The zero-order valence-electron chi connectivity index (χ0n) is 14.5. The first kappa shape index (κ1) is 17.0. The van der Waals surface area contributed by atoms with E-state index in [-0.39, 0.29) is 0 Å². The lowest BCUT2D eigenvalue weighted by atomic mass is 9.62. The molecule has 19 heavy (non-hydrogen) atoms. The molecule has 1 aliphatic rings. The van der Waals surface area contributed by atoms with Gasteiger partial charge in [-0.1, -0.05) is 41.5 Å². The molecule has 0 atom stereocenters. The quantitative estimate of drug-likeness (QED) is 0.733. The Morgan fingerprint density at radius 3 is 1.89 bits per heavy atom. The fourth-order valence-corrected chi connectivity index (χ4v) is 3.63. The molecule has 1 nitrogen and oxygen atoms in total. The Kier molecular flexibility index (Phi) is 5.52. The zero-order chi connectivity index (χ0) is 14.7. The predicted molar refractivity (Wildman–Crippen MR) is 86.5 cm³/mol. The van der Waals surface area contributed by atoms with Crippen molar-refractivity contribution in [1.29, 1.82) is 0 Å². The van der Waals surface area contributed by atoms with Crippen LogP contribution in [0, 0.1) is 22.2 Å². The molecule has 1 saturated carbocycles. The first-order valence-corrected chi connectivity index (χ1v) is 8.23. The highest BCUT2D eigenvalue weighted by Crippen LogP contribution is 2.48. The maximum absolute atomic E-state index is 3.47. The van der Waals surface area contributed by atoms with Gasteiger partial charge in [-0.3, -0.25) is 0 Å². The predicted octanol–water partition coefficient (Wildman–Crippen LogP) is 5.25. The largest absolute Gasteiger partial charge is 0.319 e. The Hall–Kier alpha value is -0.0400. The van der Waals surface area contributed by atoms with Crippen molar-refractivity contribution in [1.82, 2.24) is 5.32 Å². The smallest absolute Gasteiger partial charge is 0.000481 e. The first-order chi connectivity index (χ1) is 8.58. The van der Waals surface area contributed by atoms with Gasteiger partial charge in [-0.25, -0.2) is 0 Å². The number of hydrogen-bond donors (Lipinski definition) is 1. The lowest BCUT2D eigenvalue weighted by Crippen LogP contribution is -2.39. The van der Waals surface area contributed by atoms with Gasteiger partial charge in [0.1, 0.15) is 0 Å². The van der Waals surface area contributed by atoms with Gasteiger partial charge < -0.3 is 5.32 Å². The van der Waals surface area contributed by atoms with Crippen LogP contribution in [0.3, 0.4) is 0 Å². The van der Waals surface area contributed by atoms with Crippen molar-refractivity contribution in [2.24, 2.45) is 22.2 Å². The average molecular weight is 268 g/mol. The van der Waals surface area contributed by atoms with Crippen molar-refractivity contribution >= 4 is 0 Å². The van der Waals surface area contributed by atoms with E-state index in [2.05, 4.69) is 53.9 Å². The average Bonchev–Trinajstić information content (AvgIpc) is 2.26. The minimum atomic E-state index is 0.474. The van der Waals surface area contributed by atoms with Crippen molar-refractivity contribution in [3.63, 3.8) is 0 Å². The van der Waals surface area contributed by atoms with Crippen LogP contribution in [-0.2, 0) is 0 Å². The molecule has 0 bridgehead atoms. The van der Waals surface area contributed by atoms with E-state index in [0.29, 0.717) is 16.2 Å². The second kappa shape index (κ2) is 6.16. The maximum atomic E-state index is 3.47. The summed E-state index contributed by atoms with van der Waals surface area (Å²) in [6, 6.07) is 0. The van der Waals surface area contributed by atoms with E-state index in [1.165, 1.54) is 45.1 Å². The minimum Gasteiger partial charge on any atom is -0.319 e. The first-order valence-electron chi connectivity index (χ1n) is 8.23. The summed E-state index contributed by atoms with van der Waals surface area (Å²) in [5.41, 5.74) is 1.54. The second-order valence-corrected chi connectivity index (χ2v) is 9.23. The summed E-state index contributed by atoms with van der Waals surface area (Å²) in [7, 11) is 2.12. The lowest BCUT2D eigenvalue weighted by Gasteiger charge is -2.45. The number of hydrogen-bond acceptors (Lipinski definition) is 1. The van der Waals surface area contributed by atoms with Gasteiger partial charge in [-0.2, -0.15) is 0 Å². The molecule has 0 radical (unpaired) electrons. The fourth-order valence-electron chi connectivity index (χ4n) is 3.63. The highest BCUT2D eigenvalue weighted by molar-refractivity contribution is 4.91. The Morgan fingerprint density at radius 2 is 1.53 bits per heavy atom. The Bertz CT molecular complexity index is 258. The molecule has 0 aromatic heterocycles.